The number of aromatic nitrogens is 3. The maximum atomic E-state index is 12.5. The van der Waals surface area contributed by atoms with Gasteiger partial charge in [-0.25, -0.2) is 14.6 Å². The normalized spacial score (nSPS) is 15.9. The van der Waals surface area contributed by atoms with E-state index in [-0.39, 0.29) is 17.6 Å². The fraction of sp³-hybridized carbons (Fsp3) is 0.280. The van der Waals surface area contributed by atoms with Gasteiger partial charge in [0.25, 0.3) is 11.8 Å². The first-order valence-corrected chi connectivity index (χ1v) is 11.1. The van der Waals surface area contributed by atoms with E-state index < -0.39 is 5.91 Å². The van der Waals surface area contributed by atoms with Crippen LogP contribution in [0.1, 0.15) is 58.9 Å². The van der Waals surface area contributed by atoms with Crippen molar-refractivity contribution in [2.45, 2.75) is 32.2 Å². The summed E-state index contributed by atoms with van der Waals surface area (Å²) in [6.45, 7) is 3.30. The van der Waals surface area contributed by atoms with Crippen molar-refractivity contribution in [3.63, 3.8) is 0 Å². The zero-order chi connectivity index (χ0) is 24.1. The van der Waals surface area contributed by atoms with Gasteiger partial charge in [0.15, 0.2) is 5.69 Å². The van der Waals surface area contributed by atoms with Crippen LogP contribution < -0.4 is 16.9 Å². The summed E-state index contributed by atoms with van der Waals surface area (Å²) in [5.74, 6) is 12.5. The van der Waals surface area contributed by atoms with Crippen molar-refractivity contribution in [2.24, 2.45) is 5.73 Å². The Labute approximate surface area is 198 Å². The van der Waals surface area contributed by atoms with E-state index in [0.29, 0.717) is 35.0 Å². The van der Waals surface area contributed by atoms with Crippen molar-refractivity contribution in [1.82, 2.24) is 19.5 Å². The van der Waals surface area contributed by atoms with E-state index >= 15 is 0 Å². The highest BCUT2D eigenvalue weighted by molar-refractivity contribution is 6.04. The summed E-state index contributed by atoms with van der Waals surface area (Å²) in [5, 5.41) is 2.74. The van der Waals surface area contributed by atoms with Crippen molar-refractivity contribution in [3.8, 4) is 23.1 Å². The second-order valence-electron chi connectivity index (χ2n) is 8.06. The first-order chi connectivity index (χ1) is 16.5. The highest BCUT2D eigenvalue weighted by Gasteiger charge is 2.31. The second kappa shape index (κ2) is 10.2. The third kappa shape index (κ3) is 4.77. The van der Waals surface area contributed by atoms with E-state index in [1.54, 1.807) is 48.7 Å². The minimum absolute atomic E-state index is 0.0603. The molecule has 0 bridgehead atoms. The SMILES string of the molecule is CC#CCN1CCCC[C@H]1c1nc(-c2ccc(C(=O)Nc3ccccn3)cc2)c(C(N)=O)n1N. The molecule has 0 radical (unpaired) electrons. The molecule has 3 heterocycles. The number of primary amides is 1. The van der Waals surface area contributed by atoms with Crippen molar-refractivity contribution in [1.29, 1.82) is 0 Å². The van der Waals surface area contributed by atoms with Crippen LogP contribution >= 0.6 is 0 Å². The number of pyridine rings is 1. The van der Waals surface area contributed by atoms with Crippen LogP contribution in [0.3, 0.4) is 0 Å². The number of carbonyl (C=O) groups excluding carboxylic acids is 2. The molecule has 1 aromatic carbocycles. The molecule has 0 unspecified atom stereocenters. The van der Waals surface area contributed by atoms with Gasteiger partial charge >= 0.3 is 0 Å². The number of anilines is 1. The van der Waals surface area contributed by atoms with E-state index in [1.165, 1.54) is 4.68 Å². The first-order valence-electron chi connectivity index (χ1n) is 11.1. The van der Waals surface area contributed by atoms with Gasteiger partial charge in [0.1, 0.15) is 17.3 Å². The lowest BCUT2D eigenvalue weighted by Gasteiger charge is -2.33. The molecule has 2 aromatic heterocycles. The predicted molar refractivity (Wildman–Crippen MR) is 130 cm³/mol. The van der Waals surface area contributed by atoms with Gasteiger partial charge in [0, 0.05) is 17.3 Å². The first kappa shape index (κ1) is 23.0. The number of benzene rings is 1. The van der Waals surface area contributed by atoms with Gasteiger partial charge in [-0.05, 0) is 50.6 Å². The lowest BCUT2D eigenvalue weighted by molar-refractivity contribution is 0.0990. The van der Waals surface area contributed by atoms with Crippen molar-refractivity contribution in [3.05, 3.63) is 65.7 Å². The summed E-state index contributed by atoms with van der Waals surface area (Å²) in [6, 6.07) is 12.0. The smallest absolute Gasteiger partial charge is 0.269 e. The van der Waals surface area contributed by atoms with Gasteiger partial charge in [0.2, 0.25) is 0 Å². The van der Waals surface area contributed by atoms with Gasteiger partial charge in [-0.1, -0.05) is 30.5 Å². The fourth-order valence-electron chi connectivity index (χ4n) is 4.18. The van der Waals surface area contributed by atoms with E-state index in [9.17, 15) is 9.59 Å². The molecule has 4 rings (SSSR count). The number of piperidine rings is 1. The summed E-state index contributed by atoms with van der Waals surface area (Å²) in [5.41, 5.74) is 7.30. The Balaban J connectivity index is 1.64. The molecule has 5 N–H and O–H groups in total. The standard InChI is InChI=1S/C25H27N7O2/c1-2-3-15-31-16-7-5-8-19(31)24-30-21(22(23(26)33)32(24)27)17-10-12-18(13-11-17)25(34)29-20-9-4-6-14-28-20/h4,6,9-14,19H,5,7-8,15-16,27H2,1H3,(H2,26,33)(H,28,29,34)/t19-/m0/s1. The molecule has 0 saturated carbocycles. The van der Waals surface area contributed by atoms with Gasteiger partial charge in [-0.3, -0.25) is 14.5 Å². The van der Waals surface area contributed by atoms with Gasteiger partial charge in [-0.15, -0.1) is 5.92 Å². The Morgan fingerprint density at radius 2 is 1.97 bits per heavy atom. The van der Waals surface area contributed by atoms with Crippen molar-refractivity contribution < 1.29 is 9.59 Å². The van der Waals surface area contributed by atoms with E-state index in [4.69, 9.17) is 16.6 Å². The van der Waals surface area contributed by atoms with Crippen LogP contribution in [0.5, 0.6) is 0 Å². The maximum Gasteiger partial charge on any atom is 0.269 e. The zero-order valence-corrected chi connectivity index (χ0v) is 19.0. The van der Waals surface area contributed by atoms with Crippen LogP contribution in [0.4, 0.5) is 5.82 Å². The second-order valence-corrected chi connectivity index (χ2v) is 8.06. The molecule has 1 atom stereocenters. The minimum atomic E-state index is -0.663. The number of rotatable bonds is 6. The molecule has 174 valence electrons. The molecule has 1 saturated heterocycles. The van der Waals surface area contributed by atoms with Crippen LogP contribution in [0, 0.1) is 11.8 Å². The quantitative estimate of drug-likeness (QED) is 0.385. The summed E-state index contributed by atoms with van der Waals surface area (Å²) >= 11 is 0. The Morgan fingerprint density at radius 3 is 2.65 bits per heavy atom. The lowest BCUT2D eigenvalue weighted by atomic mass is 10.0. The van der Waals surface area contributed by atoms with Crippen LogP contribution in [0.25, 0.3) is 11.3 Å². The molecule has 9 nitrogen and oxygen atoms in total. The Bertz CT molecular complexity index is 1240. The number of hydrogen-bond donors (Lipinski definition) is 3. The molecule has 2 amide bonds. The van der Waals surface area contributed by atoms with Gasteiger partial charge in [-0.2, -0.15) is 0 Å². The van der Waals surface area contributed by atoms with E-state index in [0.717, 1.165) is 25.8 Å². The number of nitrogen functional groups attached to an aromatic ring is 1. The predicted octanol–water partition coefficient (Wildman–Crippen LogP) is 2.56. The van der Waals surface area contributed by atoms with Crippen LogP contribution in [0.2, 0.25) is 0 Å². The number of hydrogen-bond acceptors (Lipinski definition) is 6. The third-order valence-electron chi connectivity index (χ3n) is 5.87. The molecule has 0 spiro atoms. The molecular formula is C25H27N7O2. The number of likely N-dealkylation sites (tertiary alicyclic amines) is 1. The highest BCUT2D eigenvalue weighted by Crippen LogP contribution is 2.33. The summed E-state index contributed by atoms with van der Waals surface area (Å²) in [6.07, 6.45) is 4.58. The molecular weight excluding hydrogens is 430 g/mol. The van der Waals surface area contributed by atoms with Crippen molar-refractivity contribution in [2.75, 3.05) is 24.2 Å². The largest absolute Gasteiger partial charge is 0.364 e. The molecule has 3 aromatic rings. The number of nitrogens with one attached hydrogen (secondary N) is 1. The number of carbonyl (C=O) groups is 2. The van der Waals surface area contributed by atoms with E-state index in [1.807, 2.05) is 6.92 Å². The topological polar surface area (TPSA) is 132 Å². The van der Waals surface area contributed by atoms with Crippen LogP contribution in [0.15, 0.2) is 48.7 Å². The third-order valence-corrected chi connectivity index (χ3v) is 5.87. The average molecular weight is 458 g/mol. The molecule has 9 heteroatoms. The monoisotopic (exact) mass is 457 g/mol. The van der Waals surface area contributed by atoms with Crippen LogP contribution in [-0.4, -0.2) is 44.4 Å². The average Bonchev–Trinajstić information content (AvgIpc) is 3.20. The number of amides is 2. The molecule has 1 fully saturated rings. The molecule has 1 aliphatic rings. The molecule has 34 heavy (non-hydrogen) atoms. The van der Waals surface area contributed by atoms with E-state index in [2.05, 4.69) is 27.0 Å². The molecule has 1 aliphatic heterocycles. The zero-order valence-electron chi connectivity index (χ0n) is 19.0. The van der Waals surface area contributed by atoms with Gasteiger partial charge < -0.3 is 16.9 Å². The summed E-state index contributed by atoms with van der Waals surface area (Å²) < 4.78 is 1.31. The van der Waals surface area contributed by atoms with Crippen molar-refractivity contribution >= 4 is 17.6 Å². The number of imidazole rings is 1. The highest BCUT2D eigenvalue weighted by atomic mass is 16.2. The molecule has 0 aliphatic carbocycles. The summed E-state index contributed by atoms with van der Waals surface area (Å²) in [4.78, 5) is 36.0. The minimum Gasteiger partial charge on any atom is -0.364 e. The van der Waals surface area contributed by atoms with Gasteiger partial charge in [0.05, 0.1) is 12.6 Å². The lowest BCUT2D eigenvalue weighted by Crippen LogP contribution is -2.37. The fourth-order valence-corrected chi connectivity index (χ4v) is 4.18. The summed E-state index contributed by atoms with van der Waals surface area (Å²) in [7, 11) is 0. The Hall–Kier alpha value is -4.16. The Kier molecular flexibility index (Phi) is 6.90. The Morgan fingerprint density at radius 1 is 1.18 bits per heavy atom. The maximum absolute atomic E-state index is 12.5. The number of nitrogens with two attached hydrogens (primary N) is 2. The van der Waals surface area contributed by atoms with Crippen LogP contribution in [-0.2, 0) is 0 Å². The number of nitrogens with zero attached hydrogens (tertiary/aromatic N) is 4.